The molecule has 1 saturated heterocycles. The molecule has 1 aliphatic carbocycles. The summed E-state index contributed by atoms with van der Waals surface area (Å²) in [5, 5.41) is 10.00. The number of amides is 2. The van der Waals surface area contributed by atoms with Crippen molar-refractivity contribution in [3.8, 4) is 5.75 Å². The maximum Gasteiger partial charge on any atom is 0.293 e. The Bertz CT molecular complexity index is 716. The van der Waals surface area contributed by atoms with Crippen molar-refractivity contribution in [3.05, 3.63) is 32.1 Å². The standard InChI is InChI=1S/C17H17BrClNO3S/c18-12-6-11(15(21)13(19)8-12)7-14-16(22)20(17(23)24-14)9-10-4-2-1-3-5-10/h6-8,10,21H,1-5,9H2/b14-7-. The van der Waals surface area contributed by atoms with Crippen LogP contribution in [-0.2, 0) is 4.79 Å². The molecule has 1 heterocycles. The third kappa shape index (κ3) is 3.81. The maximum atomic E-state index is 12.6. The van der Waals surface area contributed by atoms with E-state index in [0.29, 0.717) is 27.4 Å². The Labute approximate surface area is 158 Å². The molecule has 0 radical (unpaired) electrons. The summed E-state index contributed by atoms with van der Waals surface area (Å²) in [6.45, 7) is 0.493. The Morgan fingerprint density at radius 3 is 2.71 bits per heavy atom. The zero-order valence-corrected chi connectivity index (χ0v) is 16.1. The molecule has 0 atom stereocenters. The van der Waals surface area contributed by atoms with Crippen molar-refractivity contribution in [1.82, 2.24) is 4.90 Å². The first-order valence-corrected chi connectivity index (χ1v) is 9.88. The Balaban J connectivity index is 1.80. The van der Waals surface area contributed by atoms with Crippen molar-refractivity contribution in [1.29, 1.82) is 0 Å². The van der Waals surface area contributed by atoms with E-state index in [9.17, 15) is 14.7 Å². The average molecular weight is 431 g/mol. The number of aromatic hydroxyl groups is 1. The number of phenols is 1. The minimum absolute atomic E-state index is 0.0982. The van der Waals surface area contributed by atoms with Gasteiger partial charge in [0.25, 0.3) is 11.1 Å². The number of thioether (sulfide) groups is 1. The van der Waals surface area contributed by atoms with Gasteiger partial charge in [0.2, 0.25) is 0 Å². The van der Waals surface area contributed by atoms with Crippen LogP contribution < -0.4 is 0 Å². The number of rotatable bonds is 3. The van der Waals surface area contributed by atoms with Crippen LogP contribution in [0.2, 0.25) is 5.02 Å². The van der Waals surface area contributed by atoms with Crippen LogP contribution >= 0.6 is 39.3 Å². The fraction of sp³-hybridized carbons (Fsp3) is 0.412. The molecule has 2 aliphatic rings. The number of hydrogen-bond acceptors (Lipinski definition) is 4. The largest absolute Gasteiger partial charge is 0.506 e. The first kappa shape index (κ1) is 17.8. The molecule has 0 bridgehead atoms. The summed E-state index contributed by atoms with van der Waals surface area (Å²) in [4.78, 5) is 26.4. The highest BCUT2D eigenvalue weighted by atomic mass is 79.9. The van der Waals surface area contributed by atoms with Gasteiger partial charge in [0, 0.05) is 16.6 Å². The fourth-order valence-electron chi connectivity index (χ4n) is 3.12. The molecule has 1 aromatic rings. The lowest BCUT2D eigenvalue weighted by molar-refractivity contribution is -0.123. The van der Waals surface area contributed by atoms with Crippen LogP contribution in [0.3, 0.4) is 0 Å². The van der Waals surface area contributed by atoms with Gasteiger partial charge in [0.15, 0.2) is 0 Å². The molecule has 3 rings (SSSR count). The van der Waals surface area contributed by atoms with E-state index in [0.717, 1.165) is 24.6 Å². The molecule has 4 nitrogen and oxygen atoms in total. The van der Waals surface area contributed by atoms with Gasteiger partial charge in [-0.3, -0.25) is 14.5 Å². The fourth-order valence-corrected chi connectivity index (χ4v) is 4.80. The summed E-state index contributed by atoms with van der Waals surface area (Å²) >= 11 is 10.2. The van der Waals surface area contributed by atoms with Gasteiger partial charge in [0.05, 0.1) is 9.93 Å². The number of halogens is 2. The Morgan fingerprint density at radius 2 is 2.00 bits per heavy atom. The summed E-state index contributed by atoms with van der Waals surface area (Å²) in [7, 11) is 0. The topological polar surface area (TPSA) is 57.6 Å². The van der Waals surface area contributed by atoms with Crippen molar-refractivity contribution < 1.29 is 14.7 Å². The van der Waals surface area contributed by atoms with Gasteiger partial charge in [-0.25, -0.2) is 0 Å². The predicted molar refractivity (Wildman–Crippen MR) is 100 cm³/mol. The summed E-state index contributed by atoms with van der Waals surface area (Å²) in [6.07, 6.45) is 7.24. The second kappa shape index (κ2) is 7.50. The van der Waals surface area contributed by atoms with E-state index < -0.39 is 0 Å². The summed E-state index contributed by atoms with van der Waals surface area (Å²) < 4.78 is 0.693. The van der Waals surface area contributed by atoms with Crippen LogP contribution in [0.25, 0.3) is 6.08 Å². The van der Waals surface area contributed by atoms with E-state index in [1.807, 2.05) is 0 Å². The van der Waals surface area contributed by atoms with Crippen LogP contribution in [0, 0.1) is 5.92 Å². The lowest BCUT2D eigenvalue weighted by Gasteiger charge is -2.25. The van der Waals surface area contributed by atoms with E-state index in [-0.39, 0.29) is 21.9 Å². The van der Waals surface area contributed by atoms with Crippen molar-refractivity contribution in [2.45, 2.75) is 32.1 Å². The Hall–Kier alpha value is -0.980. The molecule has 2 fully saturated rings. The lowest BCUT2D eigenvalue weighted by atomic mass is 9.89. The van der Waals surface area contributed by atoms with E-state index in [2.05, 4.69) is 15.9 Å². The average Bonchev–Trinajstić information content (AvgIpc) is 2.81. The summed E-state index contributed by atoms with van der Waals surface area (Å²) in [5.74, 6) is 0.0188. The van der Waals surface area contributed by atoms with Crippen LogP contribution in [0.5, 0.6) is 5.75 Å². The Kier molecular flexibility index (Phi) is 5.57. The minimum Gasteiger partial charge on any atom is -0.506 e. The van der Waals surface area contributed by atoms with Gasteiger partial charge in [0.1, 0.15) is 5.75 Å². The van der Waals surface area contributed by atoms with Crippen molar-refractivity contribution >= 4 is 56.5 Å². The first-order valence-electron chi connectivity index (χ1n) is 7.89. The predicted octanol–water partition coefficient (Wildman–Crippen LogP) is 5.42. The quantitative estimate of drug-likeness (QED) is 0.650. The second-order valence-corrected chi connectivity index (χ2v) is 8.44. The summed E-state index contributed by atoms with van der Waals surface area (Å²) in [5.41, 5.74) is 0.414. The second-order valence-electron chi connectivity index (χ2n) is 6.12. The normalized spacial score (nSPS) is 21.1. The van der Waals surface area contributed by atoms with Gasteiger partial charge in [-0.15, -0.1) is 0 Å². The molecular formula is C17H17BrClNO3S. The molecule has 1 aromatic carbocycles. The van der Waals surface area contributed by atoms with Gasteiger partial charge < -0.3 is 5.11 Å². The van der Waals surface area contributed by atoms with Gasteiger partial charge in [-0.1, -0.05) is 46.8 Å². The van der Waals surface area contributed by atoms with Crippen LogP contribution in [-0.4, -0.2) is 27.7 Å². The number of phenolic OH excluding ortho intramolecular Hbond substituents is 1. The zero-order chi connectivity index (χ0) is 17.3. The molecule has 0 unspecified atom stereocenters. The van der Waals surface area contributed by atoms with E-state index in [1.165, 1.54) is 30.2 Å². The Morgan fingerprint density at radius 1 is 1.29 bits per heavy atom. The molecule has 1 saturated carbocycles. The van der Waals surface area contributed by atoms with Gasteiger partial charge >= 0.3 is 0 Å². The van der Waals surface area contributed by atoms with Crippen molar-refractivity contribution in [3.63, 3.8) is 0 Å². The van der Waals surface area contributed by atoms with Crippen molar-refractivity contribution in [2.75, 3.05) is 6.54 Å². The minimum atomic E-state index is -0.286. The van der Waals surface area contributed by atoms with Crippen LogP contribution in [0.15, 0.2) is 21.5 Å². The van der Waals surface area contributed by atoms with Crippen LogP contribution in [0.1, 0.15) is 37.7 Å². The molecule has 2 amide bonds. The van der Waals surface area contributed by atoms with Crippen LogP contribution in [0.4, 0.5) is 4.79 Å². The highest BCUT2D eigenvalue weighted by Crippen LogP contribution is 2.38. The SMILES string of the molecule is O=C1S/C(=C\c2cc(Br)cc(Cl)c2O)C(=O)N1CC1CCCCC1. The molecule has 0 aromatic heterocycles. The lowest BCUT2D eigenvalue weighted by Crippen LogP contribution is -2.34. The first-order chi connectivity index (χ1) is 11.5. The number of hydrogen-bond donors (Lipinski definition) is 1. The monoisotopic (exact) mass is 429 g/mol. The number of nitrogens with zero attached hydrogens (tertiary/aromatic N) is 1. The van der Waals surface area contributed by atoms with Gasteiger partial charge in [-0.05, 0) is 48.7 Å². The van der Waals surface area contributed by atoms with E-state index in [4.69, 9.17) is 11.6 Å². The summed E-state index contributed by atoms with van der Waals surface area (Å²) in [6, 6.07) is 3.24. The van der Waals surface area contributed by atoms with Crippen molar-refractivity contribution in [2.24, 2.45) is 5.92 Å². The molecule has 0 spiro atoms. The molecule has 24 heavy (non-hydrogen) atoms. The zero-order valence-electron chi connectivity index (χ0n) is 12.9. The number of imide groups is 1. The van der Waals surface area contributed by atoms with Gasteiger partial charge in [-0.2, -0.15) is 0 Å². The third-order valence-electron chi connectivity index (χ3n) is 4.38. The molecule has 1 N–H and O–H groups in total. The highest BCUT2D eigenvalue weighted by molar-refractivity contribution is 9.10. The molecule has 1 aliphatic heterocycles. The van der Waals surface area contributed by atoms with E-state index >= 15 is 0 Å². The molecule has 7 heteroatoms. The molecule has 128 valence electrons. The smallest absolute Gasteiger partial charge is 0.293 e. The number of benzene rings is 1. The van der Waals surface area contributed by atoms with E-state index in [1.54, 1.807) is 12.1 Å². The maximum absolute atomic E-state index is 12.6. The third-order valence-corrected chi connectivity index (χ3v) is 6.04. The number of carbonyl (C=O) groups excluding carboxylic acids is 2. The number of carbonyl (C=O) groups is 2. The highest BCUT2D eigenvalue weighted by Gasteiger charge is 2.36. The molecular weight excluding hydrogens is 414 g/mol.